The molecule has 1 aliphatic heterocycles. The first kappa shape index (κ1) is 18.5. The van der Waals surface area contributed by atoms with Gasteiger partial charge in [-0.3, -0.25) is 4.90 Å². The van der Waals surface area contributed by atoms with Crippen molar-refractivity contribution >= 4 is 6.09 Å². The Morgan fingerprint density at radius 3 is 2.27 bits per heavy atom. The smallest absolute Gasteiger partial charge is 0.407 e. The number of likely N-dealkylation sites (tertiary alicyclic amines) is 1. The molecule has 0 unspecified atom stereocenters. The summed E-state index contributed by atoms with van der Waals surface area (Å²) < 4.78 is 5.47. The van der Waals surface area contributed by atoms with Crippen LogP contribution in [0.2, 0.25) is 0 Å². The summed E-state index contributed by atoms with van der Waals surface area (Å²) in [4.78, 5) is 14.7. The molecule has 0 aromatic heterocycles. The van der Waals surface area contributed by atoms with Gasteiger partial charge in [0, 0.05) is 25.6 Å². The highest BCUT2D eigenvalue weighted by Crippen LogP contribution is 2.29. The summed E-state index contributed by atoms with van der Waals surface area (Å²) in [5.41, 5.74) is 2.05. The molecule has 4 heteroatoms. The summed E-state index contributed by atoms with van der Waals surface area (Å²) in [6.07, 6.45) is -0.343. The van der Waals surface area contributed by atoms with Gasteiger partial charge in [-0.05, 0) is 31.9 Å². The van der Waals surface area contributed by atoms with E-state index in [0.717, 1.165) is 19.6 Å². The second kappa shape index (κ2) is 7.92. The van der Waals surface area contributed by atoms with Crippen LogP contribution in [0, 0.1) is 0 Å². The third-order valence-corrected chi connectivity index (χ3v) is 4.57. The minimum Gasteiger partial charge on any atom is -0.444 e. The first-order valence-electron chi connectivity index (χ1n) is 9.21. The van der Waals surface area contributed by atoms with Crippen LogP contribution in [0.3, 0.4) is 0 Å². The topological polar surface area (TPSA) is 41.6 Å². The standard InChI is InChI=1S/C22H28N2O2/c1-22(2,3)26-21(25)23-20-16-24(14-17-10-6-4-7-11-17)15-19(20)18-12-8-5-9-13-18/h4-13,19-20H,14-16H2,1-3H3,(H,23,25)/t19-,20-/m1/s1. The van der Waals surface area contributed by atoms with Gasteiger partial charge in [0.15, 0.2) is 0 Å². The Kier molecular flexibility index (Phi) is 5.62. The number of hydrogen-bond donors (Lipinski definition) is 1. The summed E-state index contributed by atoms with van der Waals surface area (Å²) in [5.74, 6) is 0.257. The first-order chi connectivity index (χ1) is 12.4. The molecule has 2 atom stereocenters. The van der Waals surface area contributed by atoms with Gasteiger partial charge in [0.1, 0.15) is 5.60 Å². The predicted molar refractivity (Wildman–Crippen MR) is 104 cm³/mol. The number of nitrogens with zero attached hydrogens (tertiary/aromatic N) is 1. The molecule has 2 aromatic rings. The van der Waals surface area contributed by atoms with E-state index in [1.54, 1.807) is 0 Å². The fraction of sp³-hybridized carbons (Fsp3) is 0.409. The lowest BCUT2D eigenvalue weighted by atomic mass is 9.94. The Morgan fingerprint density at radius 2 is 1.65 bits per heavy atom. The van der Waals surface area contributed by atoms with E-state index in [1.807, 2.05) is 32.9 Å². The molecule has 1 N–H and O–H groups in total. The molecule has 0 radical (unpaired) electrons. The highest BCUT2D eigenvalue weighted by molar-refractivity contribution is 5.68. The summed E-state index contributed by atoms with van der Waals surface area (Å²) >= 11 is 0. The van der Waals surface area contributed by atoms with Crippen LogP contribution >= 0.6 is 0 Å². The van der Waals surface area contributed by atoms with E-state index in [1.165, 1.54) is 11.1 Å². The number of rotatable bonds is 4. The molecule has 1 aliphatic rings. The highest BCUT2D eigenvalue weighted by atomic mass is 16.6. The minimum atomic E-state index is -0.491. The molecule has 0 saturated carbocycles. The van der Waals surface area contributed by atoms with Crippen molar-refractivity contribution in [3.63, 3.8) is 0 Å². The quantitative estimate of drug-likeness (QED) is 0.897. The molecule has 138 valence electrons. The Morgan fingerprint density at radius 1 is 1.04 bits per heavy atom. The van der Waals surface area contributed by atoms with Gasteiger partial charge in [0.2, 0.25) is 0 Å². The van der Waals surface area contributed by atoms with E-state index < -0.39 is 5.60 Å². The van der Waals surface area contributed by atoms with Crippen molar-refractivity contribution in [2.75, 3.05) is 13.1 Å². The number of ether oxygens (including phenoxy) is 1. The lowest BCUT2D eigenvalue weighted by molar-refractivity contribution is 0.0502. The summed E-state index contributed by atoms with van der Waals surface area (Å²) in [7, 11) is 0. The molecule has 2 aromatic carbocycles. The van der Waals surface area contributed by atoms with Crippen LogP contribution in [0.15, 0.2) is 60.7 Å². The van der Waals surface area contributed by atoms with Crippen molar-refractivity contribution in [1.82, 2.24) is 10.2 Å². The van der Waals surface area contributed by atoms with Gasteiger partial charge in [0.05, 0.1) is 6.04 Å². The van der Waals surface area contributed by atoms with Gasteiger partial charge in [-0.25, -0.2) is 4.79 Å². The van der Waals surface area contributed by atoms with Crippen LogP contribution < -0.4 is 5.32 Å². The number of hydrogen-bond acceptors (Lipinski definition) is 3. The van der Waals surface area contributed by atoms with Crippen molar-refractivity contribution in [3.8, 4) is 0 Å². The lowest BCUT2D eigenvalue weighted by Gasteiger charge is -2.24. The Balaban J connectivity index is 1.72. The molecule has 0 bridgehead atoms. The third-order valence-electron chi connectivity index (χ3n) is 4.57. The van der Waals surface area contributed by atoms with Crippen LogP contribution in [-0.4, -0.2) is 35.7 Å². The van der Waals surface area contributed by atoms with Crippen LogP contribution in [-0.2, 0) is 11.3 Å². The number of benzene rings is 2. The van der Waals surface area contributed by atoms with Crippen LogP contribution in [0.25, 0.3) is 0 Å². The van der Waals surface area contributed by atoms with E-state index in [-0.39, 0.29) is 18.1 Å². The monoisotopic (exact) mass is 352 g/mol. The summed E-state index contributed by atoms with van der Waals surface area (Å²) in [6.45, 7) is 8.27. The van der Waals surface area contributed by atoms with Gasteiger partial charge in [-0.2, -0.15) is 0 Å². The largest absolute Gasteiger partial charge is 0.444 e. The zero-order valence-corrected chi connectivity index (χ0v) is 15.8. The Bertz CT molecular complexity index is 710. The average molecular weight is 352 g/mol. The van der Waals surface area contributed by atoms with Gasteiger partial charge >= 0.3 is 6.09 Å². The normalized spacial score (nSPS) is 20.7. The molecule has 4 nitrogen and oxygen atoms in total. The average Bonchev–Trinajstić information content (AvgIpc) is 2.97. The second-order valence-corrected chi connectivity index (χ2v) is 7.95. The molecule has 1 heterocycles. The van der Waals surface area contributed by atoms with E-state index in [0.29, 0.717) is 0 Å². The van der Waals surface area contributed by atoms with E-state index >= 15 is 0 Å². The molecule has 0 aliphatic carbocycles. The van der Waals surface area contributed by atoms with Gasteiger partial charge in [-0.15, -0.1) is 0 Å². The number of carbonyl (C=O) groups is 1. The molecule has 1 fully saturated rings. The number of nitrogens with one attached hydrogen (secondary N) is 1. The van der Waals surface area contributed by atoms with Gasteiger partial charge < -0.3 is 10.1 Å². The molecule has 3 rings (SSSR count). The van der Waals surface area contributed by atoms with Crippen molar-refractivity contribution in [2.45, 2.75) is 44.9 Å². The van der Waals surface area contributed by atoms with Crippen LogP contribution in [0.5, 0.6) is 0 Å². The fourth-order valence-electron chi connectivity index (χ4n) is 3.50. The van der Waals surface area contributed by atoms with Gasteiger partial charge in [0.25, 0.3) is 0 Å². The zero-order valence-electron chi connectivity index (χ0n) is 15.8. The molecule has 1 saturated heterocycles. The molecule has 1 amide bonds. The molecular formula is C22H28N2O2. The van der Waals surface area contributed by atoms with E-state index in [2.05, 4.69) is 58.7 Å². The number of carbonyl (C=O) groups excluding carboxylic acids is 1. The molecule has 26 heavy (non-hydrogen) atoms. The van der Waals surface area contributed by atoms with Crippen LogP contribution in [0.1, 0.15) is 37.8 Å². The number of alkyl carbamates (subject to hydrolysis) is 1. The summed E-state index contributed by atoms with van der Waals surface area (Å²) in [5, 5.41) is 3.10. The molecule has 0 spiro atoms. The first-order valence-corrected chi connectivity index (χ1v) is 9.21. The summed E-state index contributed by atoms with van der Waals surface area (Å²) in [6, 6.07) is 20.9. The maximum atomic E-state index is 12.3. The van der Waals surface area contributed by atoms with E-state index in [9.17, 15) is 4.79 Å². The van der Waals surface area contributed by atoms with Crippen LogP contribution in [0.4, 0.5) is 4.79 Å². The number of amides is 1. The van der Waals surface area contributed by atoms with Crippen molar-refractivity contribution in [2.24, 2.45) is 0 Å². The maximum Gasteiger partial charge on any atom is 0.407 e. The molecular weight excluding hydrogens is 324 g/mol. The van der Waals surface area contributed by atoms with E-state index in [4.69, 9.17) is 4.74 Å². The second-order valence-electron chi connectivity index (χ2n) is 7.95. The zero-order chi connectivity index (χ0) is 18.6. The fourth-order valence-corrected chi connectivity index (χ4v) is 3.50. The maximum absolute atomic E-state index is 12.3. The van der Waals surface area contributed by atoms with Crippen molar-refractivity contribution in [3.05, 3.63) is 71.8 Å². The lowest BCUT2D eigenvalue weighted by Crippen LogP contribution is -2.42. The van der Waals surface area contributed by atoms with Crippen molar-refractivity contribution in [1.29, 1.82) is 0 Å². The highest BCUT2D eigenvalue weighted by Gasteiger charge is 2.35. The Labute approximate surface area is 156 Å². The van der Waals surface area contributed by atoms with Crippen molar-refractivity contribution < 1.29 is 9.53 Å². The Hall–Kier alpha value is -2.33. The minimum absolute atomic E-state index is 0.0379. The predicted octanol–water partition coefficient (Wildman–Crippen LogP) is 4.18. The van der Waals surface area contributed by atoms with Gasteiger partial charge in [-0.1, -0.05) is 60.7 Å². The third kappa shape index (κ3) is 5.09. The SMILES string of the molecule is CC(C)(C)OC(=O)N[C@@H]1CN(Cc2ccccc2)C[C@@H]1c1ccccc1.